The topological polar surface area (TPSA) is 38.8 Å². The molecule has 0 aromatic heterocycles. The van der Waals surface area contributed by atoms with Gasteiger partial charge in [0.15, 0.2) is 23.4 Å². The molecule has 116 valence electrons. The van der Waals surface area contributed by atoms with E-state index in [1.54, 1.807) is 0 Å². The van der Waals surface area contributed by atoms with Gasteiger partial charge in [-0.25, -0.2) is 0 Å². The lowest BCUT2D eigenvalue weighted by molar-refractivity contribution is -0.138. The Hall–Kier alpha value is -1.55. The van der Waals surface area contributed by atoms with E-state index < -0.39 is 84.6 Å². The monoisotopic (exact) mass is 310 g/mol. The Morgan fingerprint density at radius 2 is 2.55 bits per heavy atom. The first kappa shape index (κ1) is 6.16. The van der Waals surface area contributed by atoms with E-state index in [1.165, 1.54) is 11.9 Å². The van der Waals surface area contributed by atoms with Gasteiger partial charge >= 0.3 is 0 Å². The summed E-state index contributed by atoms with van der Waals surface area (Å²) < 4.78 is 103. The fraction of sp³-hybridized carbons (Fsp3) is 0.611. The molecule has 4 atom stereocenters. The van der Waals surface area contributed by atoms with Crippen LogP contribution in [0.4, 0.5) is 0 Å². The van der Waals surface area contributed by atoms with Crippen LogP contribution in [0.3, 0.4) is 0 Å². The van der Waals surface area contributed by atoms with Crippen molar-refractivity contribution in [1.82, 2.24) is 4.90 Å². The van der Waals surface area contributed by atoms with Gasteiger partial charge in [0.1, 0.15) is 0 Å². The molecular weight excluding hydrogens is 278 g/mol. The summed E-state index contributed by atoms with van der Waals surface area (Å²) in [5, 5.41) is 0. The van der Waals surface area contributed by atoms with Crippen LogP contribution < -0.4 is 9.47 Å². The van der Waals surface area contributed by atoms with Crippen LogP contribution in [0.1, 0.15) is 45.4 Å². The number of hydrogen-bond donors (Lipinski definition) is 0. The van der Waals surface area contributed by atoms with Crippen LogP contribution >= 0.6 is 0 Å². The number of benzene rings is 1. The molecule has 0 radical (unpaired) electrons. The zero-order valence-electron chi connectivity index (χ0n) is 22.9. The maximum Gasteiger partial charge on any atom is 0.174 e. The summed E-state index contributed by atoms with van der Waals surface area (Å²) in [6.45, 7) is 0.0735. The summed E-state index contributed by atoms with van der Waals surface area (Å²) in [4.78, 5) is 14.7. The molecule has 2 heterocycles. The summed E-state index contributed by atoms with van der Waals surface area (Å²) >= 11 is 0. The fourth-order valence-corrected chi connectivity index (χ4v) is 4.28. The molecule has 4 heteroatoms. The second kappa shape index (κ2) is 4.05. The number of likely N-dealkylation sites (N-methyl/N-ethyl adjacent to an activating group) is 1. The highest BCUT2D eigenvalue weighted by atomic mass is 16.5. The second-order valence-corrected chi connectivity index (χ2v) is 6.11. The van der Waals surface area contributed by atoms with Gasteiger partial charge in [-0.2, -0.15) is 0 Å². The number of ketones is 1. The molecule has 0 N–H and O–H groups in total. The van der Waals surface area contributed by atoms with E-state index in [4.69, 9.17) is 23.2 Å². The number of nitrogens with zero attached hydrogens (tertiary/aromatic N) is 1. The van der Waals surface area contributed by atoms with Gasteiger partial charge in [-0.1, -0.05) is 6.04 Å². The molecule has 2 aliphatic heterocycles. The molecule has 4 nitrogen and oxygen atoms in total. The summed E-state index contributed by atoms with van der Waals surface area (Å²) in [6.07, 6.45) is -8.44. The zero-order chi connectivity index (χ0) is 24.7. The zero-order valence-corrected chi connectivity index (χ0v) is 11.9. The van der Waals surface area contributed by atoms with Gasteiger partial charge in [-0.05, 0) is 50.3 Å². The Kier molecular flexibility index (Phi) is 1.13. The third-order valence-electron chi connectivity index (χ3n) is 5.25. The van der Waals surface area contributed by atoms with Gasteiger partial charge in [0.05, 0.1) is 15.3 Å². The molecule has 2 aliphatic carbocycles. The average molecular weight is 310 g/mol. The molecule has 22 heavy (non-hydrogen) atoms. The quantitative estimate of drug-likeness (QED) is 0.794. The Morgan fingerprint density at radius 3 is 3.41 bits per heavy atom. The van der Waals surface area contributed by atoms with Gasteiger partial charge in [-0.15, -0.1) is 0 Å². The van der Waals surface area contributed by atoms with Crippen molar-refractivity contribution >= 4 is 5.78 Å². The van der Waals surface area contributed by atoms with Gasteiger partial charge in [-0.3, -0.25) is 4.79 Å². The lowest BCUT2D eigenvalue weighted by Crippen LogP contribution is -2.65. The minimum atomic E-state index is -3.07. The maximum absolute atomic E-state index is 13.3. The van der Waals surface area contributed by atoms with Crippen LogP contribution in [0.15, 0.2) is 12.1 Å². The molecule has 5 rings (SSSR count). The van der Waals surface area contributed by atoms with Gasteiger partial charge in [0.2, 0.25) is 0 Å². The van der Waals surface area contributed by atoms with Gasteiger partial charge in [0.25, 0.3) is 0 Å². The van der Waals surface area contributed by atoms with Crippen molar-refractivity contribution in [1.29, 1.82) is 0 Å². The minimum Gasteiger partial charge on any atom is -0.493 e. The fourth-order valence-electron chi connectivity index (χ4n) is 4.28. The molecule has 1 aromatic carbocycles. The van der Waals surface area contributed by atoms with Crippen LogP contribution in [0.25, 0.3) is 0 Å². The Labute approximate surface area is 145 Å². The van der Waals surface area contributed by atoms with E-state index >= 15 is 0 Å². The first-order chi connectivity index (χ1) is 14.9. The molecule has 2 bridgehead atoms. The molecule has 1 saturated carbocycles. The Bertz CT molecular complexity index is 1120. The molecule has 2 fully saturated rings. The Morgan fingerprint density at radius 1 is 1.64 bits per heavy atom. The molecule has 1 spiro atoms. The van der Waals surface area contributed by atoms with E-state index in [9.17, 15) is 6.17 Å². The van der Waals surface area contributed by atoms with E-state index in [0.29, 0.717) is 0 Å². The number of carbonyl (C=O) groups is 1. The van der Waals surface area contributed by atoms with Crippen molar-refractivity contribution in [2.75, 3.05) is 20.6 Å². The molecule has 4 aliphatic rings. The minimum absolute atomic E-state index is 0.0141. The van der Waals surface area contributed by atoms with Crippen LogP contribution in [0.5, 0.6) is 11.5 Å². The second-order valence-electron chi connectivity index (χ2n) is 6.11. The average Bonchev–Trinajstić information content (AvgIpc) is 2.93. The largest absolute Gasteiger partial charge is 0.493 e. The summed E-state index contributed by atoms with van der Waals surface area (Å²) in [7, 11) is -1.58. The first-order valence-corrected chi connectivity index (χ1v) is 7.20. The number of rotatable bonds is 1. The number of carbonyl (C=O) groups excluding carboxylic acids is 1. The standard InChI is InChI=1S/C18H21NO3/c1-19-8-7-18-11-4-5-13(20)17(18)22-16-14(21-2)6-3-10(15(16)18)9-12(11)19/h3,6,11-12,17H,4-5,7-9H2,1-2H3/t11-,12+,17?,18-/m0/s1/i2D3,3D,5D2,6D,9D2,12D,17D. The van der Waals surface area contributed by atoms with Crippen molar-refractivity contribution in [2.24, 2.45) is 5.92 Å². The predicted molar refractivity (Wildman–Crippen MR) is 81.6 cm³/mol. The summed E-state index contributed by atoms with van der Waals surface area (Å²) in [5.41, 5.74) is -2.24. The molecule has 1 unspecified atom stereocenters. The van der Waals surface area contributed by atoms with Gasteiger partial charge in [0, 0.05) is 30.2 Å². The van der Waals surface area contributed by atoms with Crippen molar-refractivity contribution < 1.29 is 29.3 Å². The van der Waals surface area contributed by atoms with Crippen LogP contribution in [0, 0.1) is 5.92 Å². The highest BCUT2D eigenvalue weighted by molar-refractivity contribution is 5.89. The molecular formula is C18H21NO3. The SMILES string of the molecule is [2H]c1c([2H])c2c3c(c1OC([2H])([2H])[2H])OC1([2H])C(=O)C([2H])([2H])C[C@@H]4[C@@]31CCN(C)[C@]4([2H])C2([2H])[2H]. The van der Waals surface area contributed by atoms with E-state index in [-0.39, 0.29) is 18.5 Å². The number of methoxy groups -OCH3 is 1. The van der Waals surface area contributed by atoms with Crippen molar-refractivity contribution in [3.63, 3.8) is 0 Å². The number of Topliss-reactive ketones (excluding diaryl/α,β-unsaturated/α-hetero) is 1. The molecule has 1 saturated heterocycles. The van der Waals surface area contributed by atoms with Crippen molar-refractivity contribution in [3.05, 3.63) is 23.2 Å². The predicted octanol–water partition coefficient (Wildman–Crippen LogP) is 1.93. The summed E-state index contributed by atoms with van der Waals surface area (Å²) in [5.74, 6) is -3.67. The first-order valence-electron chi connectivity index (χ1n) is 12.7. The van der Waals surface area contributed by atoms with Crippen LogP contribution in [-0.4, -0.2) is 43.4 Å². The molecule has 1 aromatic rings. The van der Waals surface area contributed by atoms with E-state index in [2.05, 4.69) is 0 Å². The maximum atomic E-state index is 13.3. The number of likely N-dealkylation sites (tertiary alicyclic amines) is 1. The number of piperidine rings is 1. The normalized spacial score (nSPS) is 57.6. The van der Waals surface area contributed by atoms with Crippen LogP contribution in [0.2, 0.25) is 0 Å². The highest BCUT2D eigenvalue weighted by Crippen LogP contribution is 2.62. The Balaban J connectivity index is 1.97. The van der Waals surface area contributed by atoms with Crippen LogP contribution in [-0.2, 0) is 16.6 Å². The third-order valence-corrected chi connectivity index (χ3v) is 5.25. The van der Waals surface area contributed by atoms with Gasteiger partial charge < -0.3 is 14.4 Å². The highest BCUT2D eigenvalue weighted by Gasteiger charge is 2.65. The lowest BCUT2D eigenvalue weighted by atomic mass is 9.52. The number of hydrogen-bond acceptors (Lipinski definition) is 4. The molecule has 0 amide bonds. The third kappa shape index (κ3) is 1.27. The van der Waals surface area contributed by atoms with Crippen molar-refractivity contribution in [3.8, 4) is 11.5 Å². The lowest BCUT2D eigenvalue weighted by Gasteiger charge is -2.57. The smallest absolute Gasteiger partial charge is 0.174 e. The number of ether oxygens (including phenoxy) is 2. The van der Waals surface area contributed by atoms with E-state index in [0.717, 1.165) is 0 Å². The van der Waals surface area contributed by atoms with Crippen molar-refractivity contribution in [2.45, 2.75) is 43.1 Å². The van der Waals surface area contributed by atoms with E-state index in [1.807, 2.05) is 0 Å². The summed E-state index contributed by atoms with van der Waals surface area (Å²) in [6, 6.07) is -3.70.